The van der Waals surface area contributed by atoms with E-state index in [1.807, 2.05) is 17.4 Å². The Morgan fingerprint density at radius 1 is 0.396 bits per heavy atom. The molecule has 0 radical (unpaired) electrons. The number of anilines is 3. The van der Waals surface area contributed by atoms with E-state index >= 15 is 0 Å². The third-order valence-electron chi connectivity index (χ3n) is 10.5. The largest absolute Gasteiger partial charge is 0.309 e. The van der Waals surface area contributed by atoms with Crippen molar-refractivity contribution in [1.29, 1.82) is 0 Å². The van der Waals surface area contributed by atoms with Gasteiger partial charge in [-0.05, 0) is 91.0 Å². The lowest BCUT2D eigenvalue weighted by molar-refractivity contribution is 0.627. The average molecular weight is 700 g/mol. The summed E-state index contributed by atoms with van der Waals surface area (Å²) in [6.45, 7) is 0. The topological polar surface area (TPSA) is 13.1 Å². The van der Waals surface area contributed by atoms with Gasteiger partial charge in [0.05, 0.1) is 27.8 Å². The number of para-hydroxylation sites is 4. The molecular formula is C48H30FN3S. The molecule has 0 N–H and O–H groups in total. The van der Waals surface area contributed by atoms with Gasteiger partial charge in [0.2, 0.25) is 0 Å². The van der Waals surface area contributed by atoms with E-state index in [1.165, 1.54) is 37.0 Å². The number of benzene rings is 8. The summed E-state index contributed by atoms with van der Waals surface area (Å²) in [5.41, 5.74) is 9.36. The van der Waals surface area contributed by atoms with E-state index in [1.54, 1.807) is 12.1 Å². The summed E-state index contributed by atoms with van der Waals surface area (Å²) in [5, 5.41) is 7.08. The molecule has 0 aliphatic heterocycles. The number of fused-ring (bicyclic) bond motifs is 9. The molecule has 250 valence electrons. The molecule has 0 saturated carbocycles. The third-order valence-corrected chi connectivity index (χ3v) is 11.7. The first-order valence-electron chi connectivity index (χ1n) is 17.8. The number of nitrogens with zero attached hydrogens (tertiary/aromatic N) is 3. The quantitative estimate of drug-likeness (QED) is 0.174. The van der Waals surface area contributed by atoms with Crippen molar-refractivity contribution in [3.05, 3.63) is 188 Å². The summed E-state index contributed by atoms with van der Waals surface area (Å²) < 4.78 is 22.1. The lowest BCUT2D eigenvalue weighted by Gasteiger charge is -2.27. The normalized spacial score (nSPS) is 11.9. The summed E-state index contributed by atoms with van der Waals surface area (Å²) in [5.74, 6) is -0.266. The molecular weight excluding hydrogens is 670 g/mol. The molecule has 0 aliphatic carbocycles. The number of rotatable bonds is 5. The Hall–Kier alpha value is -6.69. The van der Waals surface area contributed by atoms with Crippen LogP contribution < -0.4 is 4.90 Å². The van der Waals surface area contributed by atoms with Crippen molar-refractivity contribution in [3.8, 4) is 11.4 Å². The first kappa shape index (κ1) is 30.0. The summed E-state index contributed by atoms with van der Waals surface area (Å²) >= 11 is 1.82. The van der Waals surface area contributed by atoms with Crippen LogP contribution >= 0.6 is 11.3 Å². The monoisotopic (exact) mass is 699 g/mol. The second kappa shape index (κ2) is 11.7. The van der Waals surface area contributed by atoms with Crippen LogP contribution in [0.1, 0.15) is 0 Å². The van der Waals surface area contributed by atoms with Gasteiger partial charge in [-0.15, -0.1) is 11.3 Å². The lowest BCUT2D eigenvalue weighted by Crippen LogP contribution is -2.11. The maximum Gasteiger partial charge on any atom is 0.125 e. The van der Waals surface area contributed by atoms with Gasteiger partial charge < -0.3 is 14.0 Å². The van der Waals surface area contributed by atoms with Gasteiger partial charge in [0, 0.05) is 64.5 Å². The van der Waals surface area contributed by atoms with Crippen LogP contribution in [0.4, 0.5) is 21.5 Å². The highest BCUT2D eigenvalue weighted by Crippen LogP contribution is 2.46. The minimum absolute atomic E-state index is 0.266. The van der Waals surface area contributed by atoms with E-state index in [0.29, 0.717) is 0 Å². The fourth-order valence-corrected chi connectivity index (χ4v) is 9.39. The fourth-order valence-electron chi connectivity index (χ4n) is 8.30. The number of thiophene rings is 1. The molecule has 11 rings (SSSR count). The predicted octanol–water partition coefficient (Wildman–Crippen LogP) is 13.9. The van der Waals surface area contributed by atoms with Gasteiger partial charge in [-0.3, -0.25) is 0 Å². The summed E-state index contributed by atoms with van der Waals surface area (Å²) in [6.07, 6.45) is 0. The van der Waals surface area contributed by atoms with Gasteiger partial charge in [0.15, 0.2) is 0 Å². The van der Waals surface area contributed by atoms with Gasteiger partial charge in [0.1, 0.15) is 5.82 Å². The highest BCUT2D eigenvalue weighted by atomic mass is 32.1. The molecule has 3 nitrogen and oxygen atoms in total. The van der Waals surface area contributed by atoms with Crippen LogP contribution in [0, 0.1) is 5.82 Å². The standard InChI is InChI=1S/C48H30FN3S/c49-31-12-10-15-33(28-31)52-43-21-8-4-16-36(43)39-19-11-22-45(48(39)52)50(35-25-27-47-41(30-35)38-18-6-9-23-46(38)53-47)34-24-26-44-40(29-34)37-17-5-7-20-42(37)51(44)32-13-2-1-3-14-32/h1-30H. The van der Waals surface area contributed by atoms with Gasteiger partial charge in [-0.1, -0.05) is 91.0 Å². The molecule has 3 aromatic heterocycles. The molecule has 0 saturated heterocycles. The SMILES string of the molecule is Fc1cccc(-n2c3ccccc3c3cccc(N(c4ccc5sc6ccccc6c5c4)c4ccc5c(c4)c4ccccc4n5-c4ccccc4)c32)c1. The Balaban J connectivity index is 1.25. The minimum Gasteiger partial charge on any atom is -0.309 e. The molecule has 3 heterocycles. The van der Waals surface area contributed by atoms with Crippen LogP contribution in [0.5, 0.6) is 0 Å². The van der Waals surface area contributed by atoms with Gasteiger partial charge in [0.25, 0.3) is 0 Å². The molecule has 53 heavy (non-hydrogen) atoms. The average Bonchev–Trinajstić information content (AvgIpc) is 3.86. The molecule has 0 unspecified atom stereocenters. The Labute approximate surface area is 308 Å². The second-order valence-electron chi connectivity index (χ2n) is 13.5. The molecule has 0 atom stereocenters. The Morgan fingerprint density at radius 3 is 1.79 bits per heavy atom. The van der Waals surface area contributed by atoms with Crippen molar-refractivity contribution in [1.82, 2.24) is 9.13 Å². The molecule has 0 aliphatic rings. The second-order valence-corrected chi connectivity index (χ2v) is 14.6. The van der Waals surface area contributed by atoms with Gasteiger partial charge in [-0.2, -0.15) is 0 Å². The van der Waals surface area contributed by atoms with E-state index in [-0.39, 0.29) is 5.82 Å². The smallest absolute Gasteiger partial charge is 0.125 e. The highest BCUT2D eigenvalue weighted by Gasteiger charge is 2.23. The first-order chi connectivity index (χ1) is 26.2. The maximum atomic E-state index is 15.0. The van der Waals surface area contributed by atoms with Crippen LogP contribution in [0.3, 0.4) is 0 Å². The Morgan fingerprint density at radius 2 is 0.981 bits per heavy atom. The van der Waals surface area contributed by atoms with Crippen molar-refractivity contribution < 1.29 is 4.39 Å². The fraction of sp³-hybridized carbons (Fsp3) is 0. The zero-order chi connectivity index (χ0) is 35.0. The van der Waals surface area contributed by atoms with Crippen LogP contribution in [-0.4, -0.2) is 9.13 Å². The van der Waals surface area contributed by atoms with Gasteiger partial charge in [-0.25, -0.2) is 4.39 Å². The molecule has 11 aromatic rings. The molecule has 0 spiro atoms. The number of halogens is 1. The summed E-state index contributed by atoms with van der Waals surface area (Å²) in [7, 11) is 0. The van der Waals surface area contributed by atoms with E-state index in [4.69, 9.17) is 0 Å². The molecule has 0 fully saturated rings. The maximum absolute atomic E-state index is 15.0. The zero-order valence-electron chi connectivity index (χ0n) is 28.4. The Bertz CT molecular complexity index is 3210. The van der Waals surface area contributed by atoms with Crippen molar-refractivity contribution in [3.63, 3.8) is 0 Å². The van der Waals surface area contributed by atoms with E-state index in [9.17, 15) is 4.39 Å². The summed E-state index contributed by atoms with van der Waals surface area (Å²) in [4.78, 5) is 2.39. The Kier molecular flexibility index (Phi) is 6.60. The van der Waals surface area contributed by atoms with Crippen LogP contribution in [0.2, 0.25) is 0 Å². The first-order valence-corrected chi connectivity index (χ1v) is 18.6. The van der Waals surface area contributed by atoms with Crippen molar-refractivity contribution in [2.24, 2.45) is 0 Å². The minimum atomic E-state index is -0.266. The van der Waals surface area contributed by atoms with E-state index < -0.39 is 0 Å². The zero-order valence-corrected chi connectivity index (χ0v) is 29.3. The number of aromatic nitrogens is 2. The van der Waals surface area contributed by atoms with Crippen molar-refractivity contribution in [2.45, 2.75) is 0 Å². The van der Waals surface area contributed by atoms with Crippen LogP contribution in [-0.2, 0) is 0 Å². The van der Waals surface area contributed by atoms with E-state index in [0.717, 1.165) is 61.3 Å². The van der Waals surface area contributed by atoms with Gasteiger partial charge >= 0.3 is 0 Å². The lowest BCUT2D eigenvalue weighted by atomic mass is 10.1. The molecule has 0 amide bonds. The molecule has 8 aromatic carbocycles. The summed E-state index contributed by atoms with van der Waals surface area (Å²) in [6, 6.07) is 63.4. The highest BCUT2D eigenvalue weighted by molar-refractivity contribution is 7.25. The number of hydrogen-bond acceptors (Lipinski definition) is 2. The van der Waals surface area contributed by atoms with Crippen molar-refractivity contribution >= 4 is 92.2 Å². The van der Waals surface area contributed by atoms with E-state index in [2.05, 4.69) is 172 Å². The third kappa shape index (κ3) is 4.57. The van der Waals surface area contributed by atoms with Crippen LogP contribution in [0.15, 0.2) is 182 Å². The molecule has 5 heteroatoms. The predicted molar refractivity (Wildman–Crippen MR) is 223 cm³/mol. The number of hydrogen-bond donors (Lipinski definition) is 0. The van der Waals surface area contributed by atoms with Crippen LogP contribution in [0.25, 0.3) is 75.2 Å². The van der Waals surface area contributed by atoms with Crippen molar-refractivity contribution in [2.75, 3.05) is 4.90 Å². The molecule has 0 bridgehead atoms.